The van der Waals surface area contributed by atoms with Gasteiger partial charge in [-0.3, -0.25) is 4.79 Å². The smallest absolute Gasteiger partial charge is 0.225 e. The molecule has 0 saturated heterocycles. The zero-order valence-corrected chi connectivity index (χ0v) is 10.5. The van der Waals surface area contributed by atoms with Crippen LogP contribution >= 0.6 is 11.3 Å². The first-order valence-corrected chi connectivity index (χ1v) is 6.31. The average Bonchev–Trinajstić information content (AvgIpc) is 2.80. The van der Waals surface area contributed by atoms with Gasteiger partial charge in [0.15, 0.2) is 0 Å². The average molecular weight is 255 g/mol. The lowest BCUT2D eigenvalue weighted by molar-refractivity contribution is -0.121. The highest BCUT2D eigenvalue weighted by Crippen LogP contribution is 2.09. The van der Waals surface area contributed by atoms with Gasteiger partial charge in [-0.05, 0) is 17.9 Å². The summed E-state index contributed by atoms with van der Waals surface area (Å²) in [6, 6.07) is 3.76. The minimum atomic E-state index is -0.0848. The maximum Gasteiger partial charge on any atom is 0.225 e. The molecule has 0 spiro atoms. The highest BCUT2D eigenvalue weighted by Gasteiger charge is 2.12. The normalized spacial score (nSPS) is 13.4. The number of amides is 1. The van der Waals surface area contributed by atoms with E-state index in [1.54, 1.807) is 11.3 Å². The molecule has 17 heavy (non-hydrogen) atoms. The molecule has 1 amide bonds. The van der Waals surface area contributed by atoms with Crippen LogP contribution in [0.15, 0.2) is 22.7 Å². The van der Waals surface area contributed by atoms with Crippen molar-refractivity contribution in [2.75, 3.05) is 0 Å². The van der Waals surface area contributed by atoms with Crippen LogP contribution in [0.1, 0.15) is 24.6 Å². The van der Waals surface area contributed by atoms with Gasteiger partial charge in [-0.15, -0.1) is 11.3 Å². The molecule has 1 unspecified atom stereocenters. The summed E-state index contributed by atoms with van der Waals surface area (Å²) in [6.45, 7) is 1.95. The third kappa shape index (κ3) is 4.86. The van der Waals surface area contributed by atoms with Crippen molar-refractivity contribution in [2.45, 2.75) is 32.2 Å². The molecule has 0 radical (unpaired) electrons. The molecule has 6 heteroatoms. The number of carbonyl (C=O) groups excluding carboxylic acids is 1. The largest absolute Gasteiger partial charge is 0.409 e. The summed E-state index contributed by atoms with van der Waals surface area (Å²) in [7, 11) is 0. The summed E-state index contributed by atoms with van der Waals surface area (Å²) >= 11 is 1.56. The van der Waals surface area contributed by atoms with Crippen LogP contribution in [0.25, 0.3) is 0 Å². The molecule has 0 bridgehead atoms. The Hall–Kier alpha value is -1.56. The molecule has 0 saturated carbocycles. The Labute approximate surface area is 104 Å². The minimum Gasteiger partial charge on any atom is -0.409 e. The molecule has 0 aliphatic rings. The Morgan fingerprint density at radius 3 is 3.00 bits per heavy atom. The van der Waals surface area contributed by atoms with E-state index in [0.717, 1.165) is 11.3 Å². The van der Waals surface area contributed by atoms with Crippen molar-refractivity contribution >= 4 is 23.1 Å². The summed E-state index contributed by atoms with van der Waals surface area (Å²) in [6.07, 6.45) is 1.49. The highest BCUT2D eigenvalue weighted by molar-refractivity contribution is 7.10. The molecule has 1 rings (SSSR count). The summed E-state index contributed by atoms with van der Waals surface area (Å²) in [5, 5.41) is 16.2. The molecule has 1 heterocycles. The van der Waals surface area contributed by atoms with Crippen LogP contribution in [-0.2, 0) is 11.2 Å². The molecule has 0 aliphatic carbocycles. The number of nitrogens with two attached hydrogens (primary N) is 1. The summed E-state index contributed by atoms with van der Waals surface area (Å²) in [5.74, 6) is 0.0957. The third-order valence-electron chi connectivity index (χ3n) is 2.36. The lowest BCUT2D eigenvalue weighted by Gasteiger charge is -2.15. The van der Waals surface area contributed by atoms with Crippen LogP contribution in [0.2, 0.25) is 0 Å². The van der Waals surface area contributed by atoms with Crippen LogP contribution in [-0.4, -0.2) is 23.0 Å². The van der Waals surface area contributed by atoms with E-state index in [2.05, 4.69) is 10.5 Å². The molecule has 4 N–H and O–H groups in total. The van der Waals surface area contributed by atoms with Gasteiger partial charge < -0.3 is 16.3 Å². The van der Waals surface area contributed by atoms with Crippen LogP contribution in [0.5, 0.6) is 0 Å². The Balaban J connectivity index is 2.42. The van der Waals surface area contributed by atoms with Crippen molar-refractivity contribution < 1.29 is 10.0 Å². The predicted molar refractivity (Wildman–Crippen MR) is 68.3 cm³/mol. The SMILES string of the molecule is CCC(CC(N)=NO)NC(=O)Cc1cccs1. The molecular formula is C11H17N3O2S. The second-order valence-corrected chi connectivity index (χ2v) is 4.76. The Morgan fingerprint density at radius 2 is 2.47 bits per heavy atom. The Kier molecular flexibility index (Phi) is 5.48. The van der Waals surface area contributed by atoms with Crippen molar-refractivity contribution in [2.24, 2.45) is 10.9 Å². The van der Waals surface area contributed by atoms with E-state index in [1.165, 1.54) is 0 Å². The number of hydrogen-bond acceptors (Lipinski definition) is 4. The molecule has 94 valence electrons. The van der Waals surface area contributed by atoms with Gasteiger partial charge in [0.05, 0.1) is 6.42 Å². The number of rotatable bonds is 6. The first kappa shape index (κ1) is 13.5. The first-order chi connectivity index (χ1) is 8.15. The Morgan fingerprint density at radius 1 is 1.71 bits per heavy atom. The number of hydrogen-bond donors (Lipinski definition) is 3. The molecular weight excluding hydrogens is 238 g/mol. The number of amidine groups is 1. The zero-order valence-electron chi connectivity index (χ0n) is 9.72. The fourth-order valence-corrected chi connectivity index (χ4v) is 2.14. The monoisotopic (exact) mass is 255 g/mol. The molecule has 1 atom stereocenters. The van der Waals surface area contributed by atoms with E-state index in [-0.39, 0.29) is 17.8 Å². The number of carbonyl (C=O) groups is 1. The van der Waals surface area contributed by atoms with Crippen molar-refractivity contribution in [3.8, 4) is 0 Å². The summed E-state index contributed by atoms with van der Waals surface area (Å²) in [4.78, 5) is 12.7. The number of oxime groups is 1. The number of nitrogens with one attached hydrogen (secondary N) is 1. The molecule has 1 aromatic heterocycles. The molecule has 0 fully saturated rings. The van der Waals surface area contributed by atoms with Gasteiger partial charge >= 0.3 is 0 Å². The molecule has 0 aromatic carbocycles. The van der Waals surface area contributed by atoms with Gasteiger partial charge in [0, 0.05) is 17.3 Å². The van der Waals surface area contributed by atoms with Gasteiger partial charge in [0.2, 0.25) is 5.91 Å². The quantitative estimate of drug-likeness (QED) is 0.310. The Bertz CT molecular complexity index is 376. The number of thiophene rings is 1. The second kappa shape index (κ2) is 6.90. The van der Waals surface area contributed by atoms with Gasteiger partial charge in [-0.1, -0.05) is 18.1 Å². The second-order valence-electron chi connectivity index (χ2n) is 3.72. The van der Waals surface area contributed by atoms with Crippen LogP contribution in [0.3, 0.4) is 0 Å². The van der Waals surface area contributed by atoms with Crippen LogP contribution in [0, 0.1) is 0 Å². The van der Waals surface area contributed by atoms with E-state index in [0.29, 0.717) is 12.8 Å². The standard InChI is InChI=1S/C11H17N3O2S/c1-2-8(6-10(12)14-16)13-11(15)7-9-4-3-5-17-9/h3-5,8,16H,2,6-7H2,1H3,(H2,12,14)(H,13,15). The van der Waals surface area contributed by atoms with E-state index in [1.807, 2.05) is 24.4 Å². The topological polar surface area (TPSA) is 87.7 Å². The lowest BCUT2D eigenvalue weighted by atomic mass is 10.1. The van der Waals surface area contributed by atoms with Crippen molar-refractivity contribution in [1.82, 2.24) is 5.32 Å². The number of nitrogens with zero attached hydrogens (tertiary/aromatic N) is 1. The first-order valence-electron chi connectivity index (χ1n) is 5.43. The summed E-state index contributed by atoms with van der Waals surface area (Å²) < 4.78 is 0. The molecule has 1 aromatic rings. The van der Waals surface area contributed by atoms with E-state index in [9.17, 15) is 4.79 Å². The maximum absolute atomic E-state index is 11.7. The van der Waals surface area contributed by atoms with Gasteiger partial charge in [-0.25, -0.2) is 0 Å². The van der Waals surface area contributed by atoms with Gasteiger partial charge in [0.25, 0.3) is 0 Å². The van der Waals surface area contributed by atoms with Crippen molar-refractivity contribution in [3.63, 3.8) is 0 Å². The minimum absolute atomic E-state index is 0.0370. The van der Waals surface area contributed by atoms with Gasteiger partial charge in [0.1, 0.15) is 5.84 Å². The lowest BCUT2D eigenvalue weighted by Crippen LogP contribution is -2.38. The highest BCUT2D eigenvalue weighted by atomic mass is 32.1. The summed E-state index contributed by atoms with van der Waals surface area (Å²) in [5.41, 5.74) is 5.41. The molecule has 0 aliphatic heterocycles. The van der Waals surface area contributed by atoms with E-state index in [4.69, 9.17) is 10.9 Å². The molecule has 5 nitrogen and oxygen atoms in total. The van der Waals surface area contributed by atoms with Crippen molar-refractivity contribution in [3.05, 3.63) is 22.4 Å². The third-order valence-corrected chi connectivity index (χ3v) is 3.23. The van der Waals surface area contributed by atoms with Crippen LogP contribution in [0.4, 0.5) is 0 Å². The van der Waals surface area contributed by atoms with Gasteiger partial charge in [-0.2, -0.15) is 0 Å². The zero-order chi connectivity index (χ0) is 12.7. The maximum atomic E-state index is 11.7. The van der Waals surface area contributed by atoms with E-state index < -0.39 is 0 Å². The fourth-order valence-electron chi connectivity index (χ4n) is 1.44. The van der Waals surface area contributed by atoms with Crippen LogP contribution < -0.4 is 11.1 Å². The fraction of sp³-hybridized carbons (Fsp3) is 0.455. The van der Waals surface area contributed by atoms with Crippen molar-refractivity contribution in [1.29, 1.82) is 0 Å². The van der Waals surface area contributed by atoms with E-state index >= 15 is 0 Å². The predicted octanol–water partition coefficient (Wildman–Crippen LogP) is 1.32.